The van der Waals surface area contributed by atoms with Crippen LogP contribution in [0.5, 0.6) is 0 Å². The highest BCUT2D eigenvalue weighted by Gasteiger charge is 2.25. The Balaban J connectivity index is 2.89. The van der Waals surface area contributed by atoms with E-state index < -0.39 is 14.9 Å². The fourth-order valence-electron chi connectivity index (χ4n) is 1.74. The van der Waals surface area contributed by atoms with Gasteiger partial charge in [0.25, 0.3) is 5.69 Å². The molecule has 0 spiro atoms. The summed E-state index contributed by atoms with van der Waals surface area (Å²) in [7, 11) is 0.608. The first-order valence-corrected chi connectivity index (χ1v) is 8.23. The lowest BCUT2D eigenvalue weighted by Crippen LogP contribution is -2.41. The molecule has 128 valence electrons. The summed E-state index contributed by atoms with van der Waals surface area (Å²) < 4.78 is 25.7. The fraction of sp³-hybridized carbons (Fsp3) is 0.462. The summed E-state index contributed by atoms with van der Waals surface area (Å²) in [5.41, 5.74) is -0.322. The number of likely N-dealkylation sites (N-methyl/N-ethyl adjacent to an activating group) is 3. The lowest BCUT2D eigenvalue weighted by molar-refractivity contribution is -0.385. The Kier molecular flexibility index (Phi) is 6.61. The van der Waals surface area contributed by atoms with Gasteiger partial charge < -0.3 is 10.2 Å². The minimum Gasteiger partial charge on any atom is -0.343 e. The lowest BCUT2D eigenvalue weighted by atomic mass is 10.3. The molecular formula is C13H20N4O5S. The highest BCUT2D eigenvalue weighted by molar-refractivity contribution is 7.89. The van der Waals surface area contributed by atoms with E-state index in [1.807, 2.05) is 0 Å². The van der Waals surface area contributed by atoms with Gasteiger partial charge in [0.1, 0.15) is 0 Å². The maximum Gasteiger partial charge on any atom is 0.270 e. The van der Waals surface area contributed by atoms with Crippen molar-refractivity contribution in [2.75, 3.05) is 40.8 Å². The van der Waals surface area contributed by atoms with Gasteiger partial charge in [0.2, 0.25) is 15.9 Å². The molecule has 0 unspecified atom stereocenters. The van der Waals surface area contributed by atoms with Crippen LogP contribution in [0.25, 0.3) is 0 Å². The molecule has 0 fully saturated rings. The molecule has 1 N–H and O–H groups in total. The monoisotopic (exact) mass is 344 g/mol. The van der Waals surface area contributed by atoms with Crippen molar-refractivity contribution in [3.8, 4) is 0 Å². The topological polar surface area (TPSA) is 113 Å². The van der Waals surface area contributed by atoms with E-state index in [1.165, 1.54) is 30.1 Å². The molecular weight excluding hydrogens is 324 g/mol. The molecule has 0 aliphatic rings. The predicted molar refractivity (Wildman–Crippen MR) is 84.5 cm³/mol. The van der Waals surface area contributed by atoms with E-state index in [1.54, 1.807) is 14.1 Å². The molecule has 10 heteroatoms. The maximum atomic E-state index is 12.4. The van der Waals surface area contributed by atoms with Gasteiger partial charge in [0.15, 0.2) is 0 Å². The molecule has 9 nitrogen and oxygen atoms in total. The zero-order valence-electron chi connectivity index (χ0n) is 13.2. The van der Waals surface area contributed by atoms with E-state index in [0.717, 1.165) is 10.4 Å². The summed E-state index contributed by atoms with van der Waals surface area (Å²) in [6.07, 6.45) is 0. The second-order valence-corrected chi connectivity index (χ2v) is 6.98. The number of nitrogens with one attached hydrogen (secondary N) is 1. The molecule has 0 aromatic heterocycles. The number of nitrogens with zero attached hydrogens (tertiary/aromatic N) is 3. The van der Waals surface area contributed by atoms with Crippen molar-refractivity contribution in [2.45, 2.75) is 4.90 Å². The Bertz CT molecular complexity index is 677. The van der Waals surface area contributed by atoms with Crippen molar-refractivity contribution in [1.29, 1.82) is 0 Å². The third-order valence-corrected chi connectivity index (χ3v) is 5.02. The van der Waals surface area contributed by atoms with Gasteiger partial charge in [-0.15, -0.1) is 0 Å². The minimum absolute atomic E-state index is 0.222. The minimum atomic E-state index is -3.98. The summed E-state index contributed by atoms with van der Waals surface area (Å²) in [5.74, 6) is -0.364. The van der Waals surface area contributed by atoms with E-state index in [-0.39, 0.29) is 23.0 Å². The zero-order chi connectivity index (χ0) is 17.6. The quantitative estimate of drug-likeness (QED) is 0.520. The van der Waals surface area contributed by atoms with Gasteiger partial charge in [0.05, 0.1) is 16.4 Å². The highest BCUT2D eigenvalue weighted by atomic mass is 32.2. The smallest absolute Gasteiger partial charge is 0.270 e. The summed E-state index contributed by atoms with van der Waals surface area (Å²) in [4.78, 5) is 23.3. The van der Waals surface area contributed by atoms with Crippen molar-refractivity contribution in [2.24, 2.45) is 0 Å². The van der Waals surface area contributed by atoms with Gasteiger partial charge >= 0.3 is 0 Å². The van der Waals surface area contributed by atoms with Crippen molar-refractivity contribution in [1.82, 2.24) is 14.5 Å². The third-order valence-electron chi connectivity index (χ3n) is 3.22. The third kappa shape index (κ3) is 4.98. The van der Waals surface area contributed by atoms with Gasteiger partial charge in [-0.3, -0.25) is 14.9 Å². The van der Waals surface area contributed by atoms with E-state index in [4.69, 9.17) is 0 Å². The zero-order valence-corrected chi connectivity index (χ0v) is 14.0. The van der Waals surface area contributed by atoms with E-state index in [2.05, 4.69) is 5.32 Å². The number of benzene rings is 1. The second-order valence-electron chi connectivity index (χ2n) is 4.93. The van der Waals surface area contributed by atoms with Gasteiger partial charge in [-0.2, -0.15) is 4.31 Å². The first kappa shape index (κ1) is 19.0. The molecule has 0 heterocycles. The molecule has 0 bridgehead atoms. The van der Waals surface area contributed by atoms with Crippen LogP contribution in [0, 0.1) is 10.1 Å². The summed E-state index contributed by atoms with van der Waals surface area (Å²) >= 11 is 0. The number of nitro groups is 1. The lowest BCUT2D eigenvalue weighted by Gasteiger charge is -2.21. The highest BCUT2D eigenvalue weighted by Crippen LogP contribution is 2.20. The van der Waals surface area contributed by atoms with Crippen LogP contribution in [0.2, 0.25) is 0 Å². The van der Waals surface area contributed by atoms with Gasteiger partial charge in [-0.05, 0) is 13.1 Å². The number of rotatable bonds is 8. The average molecular weight is 344 g/mol. The Morgan fingerprint density at radius 1 is 1.35 bits per heavy atom. The van der Waals surface area contributed by atoms with Crippen molar-refractivity contribution < 1.29 is 18.1 Å². The number of non-ortho nitro benzene ring substituents is 1. The number of sulfonamides is 1. The molecule has 0 aliphatic carbocycles. The number of hydrogen-bond acceptors (Lipinski definition) is 6. The van der Waals surface area contributed by atoms with Crippen LogP contribution in [0.15, 0.2) is 29.2 Å². The van der Waals surface area contributed by atoms with Crippen LogP contribution in [0.4, 0.5) is 5.69 Å². The van der Waals surface area contributed by atoms with Crippen LogP contribution in [-0.4, -0.2) is 69.2 Å². The standard InChI is InChI=1S/C13H20N4O5S/c1-14-7-8-15(2)13(18)10-16(3)23(21,22)12-6-4-5-11(9-12)17(19)20/h4-6,9,14H,7-8,10H2,1-3H3. The van der Waals surface area contributed by atoms with E-state index in [9.17, 15) is 23.3 Å². The number of nitro benzene ring substituents is 1. The Hall–Kier alpha value is -2.04. The molecule has 1 aromatic carbocycles. The second kappa shape index (κ2) is 7.99. The molecule has 0 atom stereocenters. The van der Waals surface area contributed by atoms with Crippen LogP contribution >= 0.6 is 0 Å². The number of hydrogen-bond donors (Lipinski definition) is 1. The molecule has 1 aromatic rings. The van der Waals surface area contributed by atoms with Crippen LogP contribution in [0.1, 0.15) is 0 Å². The SMILES string of the molecule is CNCCN(C)C(=O)CN(C)S(=O)(=O)c1cccc([N+](=O)[O-])c1. The first-order chi connectivity index (χ1) is 10.7. The maximum absolute atomic E-state index is 12.4. The average Bonchev–Trinajstić information content (AvgIpc) is 2.52. The molecule has 0 aliphatic heterocycles. The summed E-state index contributed by atoms with van der Waals surface area (Å²) in [6.45, 7) is 0.689. The largest absolute Gasteiger partial charge is 0.343 e. The van der Waals surface area contributed by atoms with Gasteiger partial charge in [0, 0.05) is 39.3 Å². The van der Waals surface area contributed by atoms with Crippen LogP contribution < -0.4 is 5.32 Å². The number of carbonyl (C=O) groups excluding carboxylic acids is 1. The summed E-state index contributed by atoms with van der Waals surface area (Å²) in [6, 6.07) is 4.73. The number of carbonyl (C=O) groups is 1. The first-order valence-electron chi connectivity index (χ1n) is 6.79. The van der Waals surface area contributed by atoms with Crippen molar-refractivity contribution in [3.05, 3.63) is 34.4 Å². The predicted octanol–water partition coefficient (Wildman–Crippen LogP) is -0.107. The Labute approximate surface area is 135 Å². The Morgan fingerprint density at radius 2 is 2.00 bits per heavy atom. The van der Waals surface area contributed by atoms with Gasteiger partial charge in [-0.1, -0.05) is 6.07 Å². The molecule has 23 heavy (non-hydrogen) atoms. The summed E-state index contributed by atoms with van der Waals surface area (Å²) in [5, 5.41) is 13.6. The molecule has 1 amide bonds. The van der Waals surface area contributed by atoms with Crippen molar-refractivity contribution in [3.63, 3.8) is 0 Å². The fourth-order valence-corrected chi connectivity index (χ4v) is 2.90. The normalized spacial score (nSPS) is 11.5. The van der Waals surface area contributed by atoms with Gasteiger partial charge in [-0.25, -0.2) is 8.42 Å². The van der Waals surface area contributed by atoms with E-state index >= 15 is 0 Å². The Morgan fingerprint density at radius 3 is 2.57 bits per heavy atom. The van der Waals surface area contributed by atoms with Crippen LogP contribution in [0.3, 0.4) is 0 Å². The molecule has 0 saturated heterocycles. The van der Waals surface area contributed by atoms with Crippen molar-refractivity contribution >= 4 is 21.6 Å². The number of amides is 1. The van der Waals surface area contributed by atoms with E-state index in [0.29, 0.717) is 13.1 Å². The molecule has 1 rings (SSSR count). The molecule has 0 radical (unpaired) electrons. The molecule has 0 saturated carbocycles. The van der Waals surface area contributed by atoms with Crippen LogP contribution in [-0.2, 0) is 14.8 Å².